The maximum absolute atomic E-state index is 13.9. The number of rotatable bonds is 2. The Morgan fingerprint density at radius 1 is 1.05 bits per heavy atom. The average molecular weight is 388 g/mol. The first-order valence-corrected chi connectivity index (χ1v) is 7.34. The number of hydrogen-bond acceptors (Lipinski definition) is 3. The lowest BCUT2D eigenvalue weighted by molar-refractivity contribution is 0.576. The normalized spacial score (nSPS) is 10.9. The lowest BCUT2D eigenvalue weighted by Gasteiger charge is -2.08. The monoisotopic (exact) mass is 386 g/mol. The molecule has 0 aliphatic carbocycles. The Labute approximate surface area is 137 Å². The highest BCUT2D eigenvalue weighted by atomic mass is 79.9. The van der Waals surface area contributed by atoms with Crippen LogP contribution >= 0.6 is 39.1 Å². The second kappa shape index (κ2) is 5.75. The molecule has 2 aromatic heterocycles. The molecule has 2 heterocycles. The summed E-state index contributed by atoms with van der Waals surface area (Å²) in [7, 11) is 0. The zero-order chi connectivity index (χ0) is 15.0. The Kier molecular flexibility index (Phi) is 3.97. The van der Waals surface area contributed by atoms with Crippen LogP contribution in [0.1, 0.15) is 0 Å². The van der Waals surface area contributed by atoms with Crippen molar-refractivity contribution in [2.75, 3.05) is 0 Å². The van der Waals surface area contributed by atoms with Gasteiger partial charge in [0.15, 0.2) is 11.6 Å². The van der Waals surface area contributed by atoms with Gasteiger partial charge in [-0.25, -0.2) is 14.4 Å². The molecule has 3 aromatic rings. The fourth-order valence-corrected chi connectivity index (χ4v) is 2.82. The van der Waals surface area contributed by atoms with Crippen LogP contribution in [0.15, 0.2) is 45.5 Å². The molecule has 0 saturated heterocycles. The molecular formula is C14H6BrCl2FN2O. The molecule has 3 rings (SSSR count). The van der Waals surface area contributed by atoms with Gasteiger partial charge in [0, 0.05) is 5.56 Å². The lowest BCUT2D eigenvalue weighted by Crippen LogP contribution is -1.95. The largest absolute Gasteiger partial charge is 0.460 e. The predicted octanol–water partition coefficient (Wildman–Crippen LogP) is 5.61. The summed E-state index contributed by atoms with van der Waals surface area (Å²) in [4.78, 5) is 8.27. The number of halogens is 4. The van der Waals surface area contributed by atoms with Gasteiger partial charge >= 0.3 is 0 Å². The van der Waals surface area contributed by atoms with Crippen LogP contribution in [0.2, 0.25) is 10.3 Å². The number of benzene rings is 1. The van der Waals surface area contributed by atoms with Gasteiger partial charge in [-0.3, -0.25) is 0 Å². The maximum Gasteiger partial charge on any atom is 0.199 e. The van der Waals surface area contributed by atoms with Crippen LogP contribution in [-0.4, -0.2) is 9.97 Å². The van der Waals surface area contributed by atoms with Crippen molar-refractivity contribution in [3.8, 4) is 22.7 Å². The van der Waals surface area contributed by atoms with Crippen LogP contribution in [0.3, 0.4) is 0 Å². The fourth-order valence-electron chi connectivity index (χ4n) is 1.85. The summed E-state index contributed by atoms with van der Waals surface area (Å²) in [6, 6.07) is 7.84. The molecule has 0 bridgehead atoms. The van der Waals surface area contributed by atoms with Crippen LogP contribution in [0, 0.1) is 5.82 Å². The molecule has 0 spiro atoms. The SMILES string of the molecule is Fc1ccccc1-c1c(Cl)nc(-c2occc2Br)nc1Cl. The van der Waals surface area contributed by atoms with Gasteiger partial charge in [-0.05, 0) is 28.1 Å². The van der Waals surface area contributed by atoms with E-state index in [1.54, 1.807) is 24.3 Å². The standard InChI is InChI=1S/C14H6BrCl2FN2O/c15-8-5-6-21-11(8)14-19-12(16)10(13(17)20-14)7-3-1-2-4-9(7)18/h1-6H. The van der Waals surface area contributed by atoms with E-state index in [1.165, 1.54) is 12.3 Å². The number of nitrogens with zero attached hydrogens (tertiary/aromatic N) is 2. The highest BCUT2D eigenvalue weighted by Crippen LogP contribution is 2.36. The molecule has 0 unspecified atom stereocenters. The van der Waals surface area contributed by atoms with E-state index in [0.717, 1.165) is 0 Å². The van der Waals surface area contributed by atoms with Crippen LogP contribution in [0.5, 0.6) is 0 Å². The molecule has 0 aliphatic rings. The quantitative estimate of drug-likeness (QED) is 0.536. The van der Waals surface area contributed by atoms with E-state index in [0.29, 0.717) is 10.2 Å². The summed E-state index contributed by atoms with van der Waals surface area (Å²) < 4.78 is 19.8. The van der Waals surface area contributed by atoms with Crippen molar-refractivity contribution in [3.63, 3.8) is 0 Å². The van der Waals surface area contributed by atoms with Crippen LogP contribution in [-0.2, 0) is 0 Å². The second-order valence-corrected chi connectivity index (χ2v) is 5.65. The second-order valence-electron chi connectivity index (χ2n) is 4.08. The zero-order valence-electron chi connectivity index (χ0n) is 10.3. The highest BCUT2D eigenvalue weighted by Gasteiger charge is 2.19. The lowest BCUT2D eigenvalue weighted by atomic mass is 10.1. The van der Waals surface area contributed by atoms with Crippen molar-refractivity contribution in [2.45, 2.75) is 0 Å². The fraction of sp³-hybridized carbons (Fsp3) is 0. The van der Waals surface area contributed by atoms with Gasteiger partial charge in [-0.15, -0.1) is 0 Å². The molecule has 0 amide bonds. The molecular weight excluding hydrogens is 382 g/mol. The van der Waals surface area contributed by atoms with Gasteiger partial charge in [-0.2, -0.15) is 0 Å². The first-order valence-electron chi connectivity index (χ1n) is 5.79. The summed E-state index contributed by atoms with van der Waals surface area (Å²) in [5.41, 5.74) is 0.500. The van der Waals surface area contributed by atoms with E-state index >= 15 is 0 Å². The minimum atomic E-state index is -0.447. The molecule has 21 heavy (non-hydrogen) atoms. The predicted molar refractivity (Wildman–Crippen MR) is 82.8 cm³/mol. The van der Waals surface area contributed by atoms with Crippen LogP contribution < -0.4 is 0 Å². The van der Waals surface area contributed by atoms with Gasteiger partial charge in [0.05, 0.1) is 16.3 Å². The third-order valence-corrected chi connectivity index (χ3v) is 3.96. The maximum atomic E-state index is 13.9. The smallest absolute Gasteiger partial charge is 0.199 e. The van der Waals surface area contributed by atoms with E-state index in [4.69, 9.17) is 27.6 Å². The van der Waals surface area contributed by atoms with Crippen molar-refractivity contribution in [1.29, 1.82) is 0 Å². The molecule has 0 fully saturated rings. The first kappa shape index (κ1) is 14.5. The Morgan fingerprint density at radius 3 is 2.29 bits per heavy atom. The molecule has 7 heteroatoms. The van der Waals surface area contributed by atoms with E-state index in [1.807, 2.05) is 0 Å². The molecule has 1 aromatic carbocycles. The summed E-state index contributed by atoms with van der Waals surface area (Å²) in [6.45, 7) is 0. The molecule has 3 nitrogen and oxygen atoms in total. The minimum Gasteiger partial charge on any atom is -0.460 e. The minimum absolute atomic E-state index is 0.0541. The van der Waals surface area contributed by atoms with Crippen molar-refractivity contribution >= 4 is 39.1 Å². The van der Waals surface area contributed by atoms with E-state index < -0.39 is 5.82 Å². The van der Waals surface area contributed by atoms with Crippen LogP contribution in [0.25, 0.3) is 22.7 Å². The molecule has 0 saturated carbocycles. The molecule has 106 valence electrons. The Hall–Kier alpha value is -1.43. The molecule has 0 atom stereocenters. The van der Waals surface area contributed by atoms with Gasteiger partial charge in [0.25, 0.3) is 0 Å². The van der Waals surface area contributed by atoms with Gasteiger partial charge in [-0.1, -0.05) is 41.4 Å². The summed E-state index contributed by atoms with van der Waals surface area (Å²) in [5, 5.41) is 0.108. The van der Waals surface area contributed by atoms with Gasteiger partial charge in [0.1, 0.15) is 16.1 Å². The van der Waals surface area contributed by atoms with E-state index in [2.05, 4.69) is 25.9 Å². The van der Waals surface area contributed by atoms with Crippen molar-refractivity contribution in [2.24, 2.45) is 0 Å². The Balaban J connectivity index is 2.18. The number of hydrogen-bond donors (Lipinski definition) is 0. The summed E-state index contributed by atoms with van der Waals surface area (Å²) in [6.07, 6.45) is 1.48. The Morgan fingerprint density at radius 2 is 1.71 bits per heavy atom. The summed E-state index contributed by atoms with van der Waals surface area (Å²) in [5.74, 6) is 0.178. The third-order valence-electron chi connectivity index (χ3n) is 2.78. The molecule has 0 aliphatic heterocycles. The van der Waals surface area contributed by atoms with E-state index in [9.17, 15) is 4.39 Å². The first-order chi connectivity index (χ1) is 10.1. The number of aromatic nitrogens is 2. The van der Waals surface area contributed by atoms with Gasteiger partial charge in [0.2, 0.25) is 0 Å². The van der Waals surface area contributed by atoms with Crippen molar-refractivity contribution in [1.82, 2.24) is 9.97 Å². The van der Waals surface area contributed by atoms with Crippen molar-refractivity contribution < 1.29 is 8.81 Å². The Bertz CT molecular complexity index is 799. The van der Waals surface area contributed by atoms with E-state index in [-0.39, 0.29) is 27.3 Å². The van der Waals surface area contributed by atoms with Crippen LogP contribution in [0.4, 0.5) is 4.39 Å². The zero-order valence-corrected chi connectivity index (χ0v) is 13.4. The number of furan rings is 1. The third kappa shape index (κ3) is 2.69. The van der Waals surface area contributed by atoms with Gasteiger partial charge < -0.3 is 4.42 Å². The topological polar surface area (TPSA) is 38.9 Å². The highest BCUT2D eigenvalue weighted by molar-refractivity contribution is 9.10. The molecule has 0 N–H and O–H groups in total. The molecule has 0 radical (unpaired) electrons. The average Bonchev–Trinajstić information content (AvgIpc) is 2.86. The van der Waals surface area contributed by atoms with Crippen molar-refractivity contribution in [3.05, 3.63) is 57.2 Å². The summed E-state index contributed by atoms with van der Waals surface area (Å²) >= 11 is 15.6.